The van der Waals surface area contributed by atoms with Gasteiger partial charge in [-0.1, -0.05) is 24.6 Å². The Morgan fingerprint density at radius 1 is 1.39 bits per heavy atom. The number of aromatic nitrogens is 1. The molecule has 0 saturated heterocycles. The highest BCUT2D eigenvalue weighted by atomic mass is 32.3. The molecule has 1 fully saturated rings. The number of anilines is 1. The molecule has 0 bridgehead atoms. The van der Waals surface area contributed by atoms with Gasteiger partial charge in [-0.25, -0.2) is 0 Å². The molecule has 0 radical (unpaired) electrons. The van der Waals surface area contributed by atoms with Gasteiger partial charge in [0.1, 0.15) is 4.75 Å². The number of carbonyl (C=O) groups is 1. The Morgan fingerprint density at radius 2 is 2.00 bits per heavy atom. The number of amides is 1. The molecule has 23 heavy (non-hydrogen) atoms. The van der Waals surface area contributed by atoms with E-state index < -0.39 is 26.7 Å². The van der Waals surface area contributed by atoms with Crippen LogP contribution in [0.3, 0.4) is 0 Å². The molecule has 0 aliphatic heterocycles. The third kappa shape index (κ3) is 3.77. The monoisotopic (exact) mass is 344 g/mol. The first-order valence-electron chi connectivity index (χ1n) is 7.36. The Bertz CT molecular complexity index is 628. The Hall–Kier alpha value is -1.35. The highest BCUT2D eigenvalue weighted by Gasteiger charge is 2.41. The van der Waals surface area contributed by atoms with Crippen LogP contribution in [-0.4, -0.2) is 36.6 Å². The lowest BCUT2D eigenvalue weighted by molar-refractivity contribution is -0.118. The van der Waals surface area contributed by atoms with Crippen molar-refractivity contribution in [2.45, 2.75) is 50.7 Å². The van der Waals surface area contributed by atoms with Crippen molar-refractivity contribution in [2.75, 3.05) is 11.9 Å². The number of nitrogens with one attached hydrogen (secondary N) is 1. The minimum atomic E-state index is -3.22. The molecule has 0 aromatic carbocycles. The molecule has 1 aliphatic carbocycles. The lowest BCUT2D eigenvalue weighted by Crippen LogP contribution is -2.41. The standard InChI is InChI=1S/C15H24N2O5S/c1-14(2,9-18)11-7-12(22-17-11)16-13(19)15(3,4)23(20,21)8-10-5-6-10/h7-8,18,20-21H,5-6,9H2,1-4H3,(H,16,19). The Labute approximate surface area is 137 Å². The van der Waals surface area contributed by atoms with Crippen LogP contribution in [0.5, 0.6) is 0 Å². The summed E-state index contributed by atoms with van der Waals surface area (Å²) in [6, 6.07) is 1.52. The summed E-state index contributed by atoms with van der Waals surface area (Å²) < 4.78 is 24.3. The molecule has 130 valence electrons. The van der Waals surface area contributed by atoms with E-state index in [1.54, 1.807) is 13.8 Å². The van der Waals surface area contributed by atoms with Gasteiger partial charge in [0, 0.05) is 16.9 Å². The zero-order valence-corrected chi connectivity index (χ0v) is 14.6. The molecule has 1 amide bonds. The van der Waals surface area contributed by atoms with Crippen LogP contribution in [0, 0.1) is 0 Å². The van der Waals surface area contributed by atoms with E-state index in [0.29, 0.717) is 5.69 Å². The maximum atomic E-state index is 12.4. The third-order valence-corrected chi connectivity index (χ3v) is 6.35. The fourth-order valence-electron chi connectivity index (χ4n) is 1.70. The van der Waals surface area contributed by atoms with E-state index in [9.17, 15) is 19.0 Å². The van der Waals surface area contributed by atoms with Crippen molar-refractivity contribution in [3.05, 3.63) is 22.7 Å². The largest absolute Gasteiger partial charge is 0.395 e. The van der Waals surface area contributed by atoms with Gasteiger partial charge in [0.25, 0.3) is 5.91 Å². The summed E-state index contributed by atoms with van der Waals surface area (Å²) in [6.45, 7) is 6.42. The minimum Gasteiger partial charge on any atom is -0.395 e. The van der Waals surface area contributed by atoms with Crippen LogP contribution in [0.15, 0.2) is 21.6 Å². The summed E-state index contributed by atoms with van der Waals surface area (Å²) in [5.74, 6) is -0.464. The molecule has 7 nitrogen and oxygen atoms in total. The number of aliphatic hydroxyl groups excluding tert-OH is 1. The van der Waals surface area contributed by atoms with E-state index in [1.165, 1.54) is 25.3 Å². The van der Waals surface area contributed by atoms with Crippen LogP contribution >= 0.6 is 10.6 Å². The van der Waals surface area contributed by atoms with Crippen LogP contribution in [0.1, 0.15) is 46.2 Å². The van der Waals surface area contributed by atoms with E-state index in [2.05, 4.69) is 10.5 Å². The number of carbonyl (C=O) groups excluding carboxylic acids is 1. The van der Waals surface area contributed by atoms with Crippen molar-refractivity contribution in [3.63, 3.8) is 0 Å². The lowest BCUT2D eigenvalue weighted by Gasteiger charge is -2.42. The molecule has 0 spiro atoms. The fraction of sp³-hybridized carbons (Fsp3) is 0.600. The summed E-state index contributed by atoms with van der Waals surface area (Å²) in [5.41, 5.74) is 0.860. The topological polar surface area (TPSA) is 116 Å². The molecular weight excluding hydrogens is 320 g/mol. The predicted octanol–water partition coefficient (Wildman–Crippen LogP) is 3.09. The average Bonchev–Trinajstić information content (AvgIpc) is 3.12. The van der Waals surface area contributed by atoms with Gasteiger partial charge in [0.2, 0.25) is 5.88 Å². The summed E-state index contributed by atoms with van der Waals surface area (Å²) >= 11 is 0. The van der Waals surface area contributed by atoms with Crippen LogP contribution in [-0.2, 0) is 10.2 Å². The number of aliphatic hydroxyl groups is 1. The average molecular weight is 344 g/mol. The van der Waals surface area contributed by atoms with Gasteiger partial charge < -0.3 is 9.63 Å². The van der Waals surface area contributed by atoms with E-state index in [4.69, 9.17) is 4.52 Å². The van der Waals surface area contributed by atoms with Gasteiger partial charge in [-0.2, -0.15) is 10.6 Å². The van der Waals surface area contributed by atoms with Crippen molar-refractivity contribution in [1.29, 1.82) is 0 Å². The molecule has 2 rings (SSSR count). The van der Waals surface area contributed by atoms with Crippen molar-refractivity contribution < 1.29 is 23.5 Å². The van der Waals surface area contributed by atoms with E-state index in [0.717, 1.165) is 18.4 Å². The molecule has 4 N–H and O–H groups in total. The third-order valence-electron chi connectivity index (χ3n) is 4.00. The lowest BCUT2D eigenvalue weighted by atomic mass is 9.91. The van der Waals surface area contributed by atoms with E-state index >= 15 is 0 Å². The number of allylic oxidation sites excluding steroid dienone is 1. The Balaban J connectivity index is 2.13. The smallest absolute Gasteiger partial charge is 0.252 e. The highest BCUT2D eigenvalue weighted by Crippen LogP contribution is 2.56. The summed E-state index contributed by atoms with van der Waals surface area (Å²) in [7, 11) is -3.22. The normalized spacial score (nSPS) is 16.2. The van der Waals surface area contributed by atoms with Crippen molar-refractivity contribution in [1.82, 2.24) is 5.16 Å². The van der Waals surface area contributed by atoms with Crippen LogP contribution in [0.2, 0.25) is 0 Å². The highest BCUT2D eigenvalue weighted by molar-refractivity contribution is 8.28. The first-order valence-corrected chi connectivity index (χ1v) is 8.97. The molecule has 1 saturated carbocycles. The number of hydrogen-bond acceptors (Lipinski definition) is 6. The number of hydrogen-bond donors (Lipinski definition) is 4. The molecule has 1 aromatic rings. The van der Waals surface area contributed by atoms with E-state index in [-0.39, 0.29) is 12.5 Å². The molecule has 1 aromatic heterocycles. The number of nitrogens with zero attached hydrogens (tertiary/aromatic N) is 1. The molecule has 0 unspecified atom stereocenters. The van der Waals surface area contributed by atoms with Gasteiger partial charge in [-0.3, -0.25) is 19.2 Å². The van der Waals surface area contributed by atoms with Crippen molar-refractivity contribution in [3.8, 4) is 0 Å². The zero-order chi connectivity index (χ0) is 17.5. The quantitative estimate of drug-likeness (QED) is 0.630. The van der Waals surface area contributed by atoms with Gasteiger partial charge in [-0.05, 0) is 26.7 Å². The minimum absolute atomic E-state index is 0.105. The van der Waals surface area contributed by atoms with Gasteiger partial charge in [0.15, 0.2) is 0 Å². The van der Waals surface area contributed by atoms with Gasteiger partial charge >= 0.3 is 0 Å². The second-order valence-electron chi connectivity index (χ2n) is 6.95. The van der Waals surface area contributed by atoms with E-state index in [1.807, 2.05) is 0 Å². The first kappa shape index (κ1) is 18.0. The molecular formula is C15H24N2O5S. The summed E-state index contributed by atoms with van der Waals surface area (Å²) in [6.07, 6.45) is 1.69. The zero-order valence-electron chi connectivity index (χ0n) is 13.8. The van der Waals surface area contributed by atoms with Crippen molar-refractivity contribution in [2.24, 2.45) is 0 Å². The van der Waals surface area contributed by atoms with Crippen LogP contribution in [0.25, 0.3) is 0 Å². The SMILES string of the molecule is CC(C)(CO)c1cc(NC(=O)C(C)(C)S(O)(O)C=C2CC2)on1. The molecule has 8 heteroatoms. The predicted molar refractivity (Wildman–Crippen MR) is 89.5 cm³/mol. The maximum absolute atomic E-state index is 12.4. The fourth-order valence-corrected chi connectivity index (χ4v) is 3.02. The summed E-state index contributed by atoms with van der Waals surface area (Å²) in [5, 5.41) is 17.1. The van der Waals surface area contributed by atoms with Gasteiger partial charge in [-0.15, -0.1) is 0 Å². The second-order valence-corrected chi connectivity index (χ2v) is 9.39. The summed E-state index contributed by atoms with van der Waals surface area (Å²) in [4.78, 5) is 12.4. The van der Waals surface area contributed by atoms with Crippen LogP contribution < -0.4 is 5.32 Å². The Kier molecular flexibility index (Phi) is 4.64. The first-order chi connectivity index (χ1) is 10.5. The number of rotatable bonds is 6. The van der Waals surface area contributed by atoms with Crippen LogP contribution in [0.4, 0.5) is 5.88 Å². The molecule has 1 heterocycles. The Morgan fingerprint density at radius 3 is 2.52 bits per heavy atom. The van der Waals surface area contributed by atoms with Crippen molar-refractivity contribution >= 4 is 22.4 Å². The maximum Gasteiger partial charge on any atom is 0.252 e. The molecule has 1 aliphatic rings. The van der Waals surface area contributed by atoms with Gasteiger partial charge in [0.05, 0.1) is 12.3 Å². The second kappa shape index (κ2) is 5.94. The molecule has 0 atom stereocenters.